The number of H-pyrrole nitrogens is 1. The molecule has 2 aromatic rings. The Bertz CT molecular complexity index is 852. The van der Waals surface area contributed by atoms with E-state index < -0.39 is 15.1 Å². The van der Waals surface area contributed by atoms with Crippen LogP contribution in [0.5, 0.6) is 0 Å². The van der Waals surface area contributed by atoms with Crippen molar-refractivity contribution in [3.63, 3.8) is 0 Å². The Balaban J connectivity index is 1.92. The van der Waals surface area contributed by atoms with Crippen molar-refractivity contribution in [2.24, 2.45) is 0 Å². The van der Waals surface area contributed by atoms with E-state index in [0.717, 1.165) is 22.0 Å². The second-order valence-corrected chi connectivity index (χ2v) is 8.49. The number of carbonyl (C=O) groups excluding carboxylic acids is 1. The first-order valence-corrected chi connectivity index (χ1v) is 9.30. The van der Waals surface area contributed by atoms with Crippen LogP contribution in [0.3, 0.4) is 0 Å². The van der Waals surface area contributed by atoms with Crippen LogP contribution in [-0.4, -0.2) is 48.8 Å². The van der Waals surface area contributed by atoms with Gasteiger partial charge in [-0.15, -0.1) is 0 Å². The van der Waals surface area contributed by atoms with Gasteiger partial charge in [0.25, 0.3) is 5.91 Å². The lowest BCUT2D eigenvalue weighted by Gasteiger charge is -2.15. The quantitative estimate of drug-likeness (QED) is 0.920. The fourth-order valence-electron chi connectivity index (χ4n) is 3.07. The van der Waals surface area contributed by atoms with E-state index >= 15 is 0 Å². The largest absolute Gasteiger partial charge is 0.350 e. The van der Waals surface area contributed by atoms with Gasteiger partial charge in [-0.05, 0) is 38.0 Å². The molecule has 1 aliphatic rings. The minimum absolute atomic E-state index is 0.113. The molecule has 1 aromatic heterocycles. The number of hydrogen-bond acceptors (Lipinski definition) is 3. The summed E-state index contributed by atoms with van der Waals surface area (Å²) >= 11 is 0. The number of fused-ring (bicyclic) bond motifs is 1. The highest BCUT2D eigenvalue weighted by molar-refractivity contribution is 7.91. The molecule has 0 aliphatic carbocycles. The Kier molecular flexibility index (Phi) is 3.51. The third-order valence-electron chi connectivity index (χ3n) is 4.47. The zero-order chi connectivity index (χ0) is 16.1. The number of amides is 1. The normalized spacial score (nSPS) is 19.0. The third kappa shape index (κ3) is 2.52. The highest BCUT2D eigenvalue weighted by atomic mass is 32.2. The van der Waals surface area contributed by atoms with E-state index in [0.29, 0.717) is 18.7 Å². The van der Waals surface area contributed by atoms with E-state index in [1.807, 2.05) is 26.0 Å². The molecule has 1 aliphatic heterocycles. The fraction of sp³-hybridized carbons (Fsp3) is 0.438. The van der Waals surface area contributed by atoms with E-state index in [9.17, 15) is 13.2 Å². The number of aromatic amines is 1. The first-order valence-electron chi connectivity index (χ1n) is 7.34. The van der Waals surface area contributed by atoms with Crippen molar-refractivity contribution >= 4 is 26.6 Å². The van der Waals surface area contributed by atoms with E-state index in [1.165, 1.54) is 6.26 Å². The molecule has 5 nitrogen and oxygen atoms in total. The Morgan fingerprint density at radius 2 is 2.05 bits per heavy atom. The number of nitrogens with one attached hydrogen (secondary N) is 1. The predicted octanol–water partition coefficient (Wildman–Crippen LogP) is 2.04. The summed E-state index contributed by atoms with van der Waals surface area (Å²) in [5, 5.41) is 0.602. The number of carbonyl (C=O) groups is 1. The molecule has 1 N–H and O–H groups in total. The number of hydrogen-bond donors (Lipinski definition) is 1. The average molecular weight is 320 g/mol. The fourth-order valence-corrected chi connectivity index (χ4v) is 4.06. The summed E-state index contributed by atoms with van der Waals surface area (Å²) in [5.74, 6) is -0.113. The number of aromatic nitrogens is 1. The number of sulfone groups is 1. The summed E-state index contributed by atoms with van der Waals surface area (Å²) in [6, 6.07) is 6.03. The topological polar surface area (TPSA) is 70.2 Å². The van der Waals surface area contributed by atoms with Crippen LogP contribution >= 0.6 is 0 Å². The molecular weight excluding hydrogens is 300 g/mol. The van der Waals surface area contributed by atoms with Crippen LogP contribution in [0.4, 0.5) is 0 Å². The molecule has 0 saturated carbocycles. The van der Waals surface area contributed by atoms with E-state index in [2.05, 4.69) is 11.1 Å². The van der Waals surface area contributed by atoms with E-state index in [1.54, 1.807) is 4.90 Å². The van der Waals surface area contributed by atoms with Crippen LogP contribution in [-0.2, 0) is 9.84 Å². The molecule has 0 radical (unpaired) electrons. The zero-order valence-electron chi connectivity index (χ0n) is 13.0. The lowest BCUT2D eigenvalue weighted by molar-refractivity contribution is 0.0787. The molecule has 6 heteroatoms. The maximum Gasteiger partial charge on any atom is 0.270 e. The van der Waals surface area contributed by atoms with Crippen LogP contribution in [0.25, 0.3) is 10.9 Å². The maximum absolute atomic E-state index is 12.7. The first kappa shape index (κ1) is 15.1. The van der Waals surface area contributed by atoms with Crippen LogP contribution in [0.2, 0.25) is 0 Å². The van der Waals surface area contributed by atoms with Gasteiger partial charge in [-0.25, -0.2) is 8.42 Å². The van der Waals surface area contributed by atoms with Gasteiger partial charge < -0.3 is 9.88 Å². The van der Waals surface area contributed by atoms with Crippen LogP contribution in [0, 0.1) is 13.8 Å². The minimum atomic E-state index is -3.10. The molecular formula is C16H20N2O3S. The second-order valence-electron chi connectivity index (χ2n) is 6.17. The summed E-state index contributed by atoms with van der Waals surface area (Å²) in [4.78, 5) is 17.5. The SMILES string of the molecule is Cc1ccc2[nH]c(C(=O)N3CCC(S(C)(=O)=O)C3)c(C)c2c1. The van der Waals surface area contributed by atoms with Crippen molar-refractivity contribution in [2.45, 2.75) is 25.5 Å². The Morgan fingerprint density at radius 3 is 2.68 bits per heavy atom. The van der Waals surface area contributed by atoms with E-state index in [-0.39, 0.29) is 12.5 Å². The summed E-state index contributed by atoms with van der Waals surface area (Å²) in [6.07, 6.45) is 1.76. The summed E-state index contributed by atoms with van der Waals surface area (Å²) < 4.78 is 23.3. The molecule has 1 saturated heterocycles. The van der Waals surface area contributed by atoms with E-state index in [4.69, 9.17) is 0 Å². The molecule has 0 bridgehead atoms. The number of likely N-dealkylation sites (tertiary alicyclic amines) is 1. The number of rotatable bonds is 2. The van der Waals surface area contributed by atoms with Crippen molar-refractivity contribution in [3.05, 3.63) is 35.0 Å². The Hall–Kier alpha value is -1.82. The molecule has 2 heterocycles. The number of benzene rings is 1. The van der Waals surface area contributed by atoms with Crippen LogP contribution in [0.1, 0.15) is 28.0 Å². The molecule has 1 atom stereocenters. The third-order valence-corrected chi connectivity index (χ3v) is 6.06. The average Bonchev–Trinajstić information content (AvgIpc) is 3.04. The smallest absolute Gasteiger partial charge is 0.270 e. The summed E-state index contributed by atoms with van der Waals surface area (Å²) in [6.45, 7) is 4.72. The Morgan fingerprint density at radius 1 is 1.32 bits per heavy atom. The van der Waals surface area contributed by atoms with Crippen molar-refractivity contribution < 1.29 is 13.2 Å². The lowest BCUT2D eigenvalue weighted by atomic mass is 10.1. The molecule has 22 heavy (non-hydrogen) atoms. The van der Waals surface area contributed by atoms with Crippen molar-refractivity contribution in [1.29, 1.82) is 0 Å². The van der Waals surface area contributed by atoms with Gasteiger partial charge in [0.2, 0.25) is 0 Å². The maximum atomic E-state index is 12.7. The zero-order valence-corrected chi connectivity index (χ0v) is 13.8. The second kappa shape index (κ2) is 5.12. The molecule has 118 valence electrons. The van der Waals surface area contributed by atoms with Gasteiger partial charge in [-0.2, -0.15) is 0 Å². The Labute approximate surface area is 130 Å². The van der Waals surface area contributed by atoms with Crippen molar-refractivity contribution in [2.75, 3.05) is 19.3 Å². The van der Waals surface area contributed by atoms with Crippen molar-refractivity contribution in [1.82, 2.24) is 9.88 Å². The minimum Gasteiger partial charge on any atom is -0.350 e. The van der Waals surface area contributed by atoms with Gasteiger partial charge >= 0.3 is 0 Å². The van der Waals surface area contributed by atoms with Crippen LogP contribution in [0.15, 0.2) is 18.2 Å². The lowest BCUT2D eigenvalue weighted by Crippen LogP contribution is -2.32. The van der Waals surface area contributed by atoms with Gasteiger partial charge in [0.15, 0.2) is 9.84 Å². The highest BCUT2D eigenvalue weighted by Crippen LogP contribution is 2.25. The standard InChI is InChI=1S/C16H20N2O3S/c1-10-4-5-14-13(8-10)11(2)15(17-14)16(19)18-7-6-12(9-18)22(3,20)21/h4-5,8,12,17H,6-7,9H2,1-3H3. The predicted molar refractivity (Wildman–Crippen MR) is 86.9 cm³/mol. The highest BCUT2D eigenvalue weighted by Gasteiger charge is 2.34. The monoisotopic (exact) mass is 320 g/mol. The van der Waals surface area contributed by atoms with Gasteiger partial charge in [-0.3, -0.25) is 4.79 Å². The number of aryl methyl sites for hydroxylation is 2. The summed E-state index contributed by atoms with van der Waals surface area (Å²) in [5.41, 5.74) is 3.57. The number of nitrogens with zero attached hydrogens (tertiary/aromatic N) is 1. The van der Waals surface area contributed by atoms with Gasteiger partial charge in [0, 0.05) is 30.2 Å². The molecule has 1 fully saturated rings. The first-order chi connectivity index (χ1) is 10.3. The molecule has 0 spiro atoms. The molecule has 1 aromatic carbocycles. The van der Waals surface area contributed by atoms with Gasteiger partial charge in [0.05, 0.1) is 5.25 Å². The van der Waals surface area contributed by atoms with Crippen LogP contribution < -0.4 is 0 Å². The molecule has 3 rings (SSSR count). The summed E-state index contributed by atoms with van der Waals surface area (Å²) in [7, 11) is -3.10. The molecule has 1 amide bonds. The van der Waals surface area contributed by atoms with Gasteiger partial charge in [0.1, 0.15) is 5.69 Å². The van der Waals surface area contributed by atoms with Crippen molar-refractivity contribution in [3.8, 4) is 0 Å². The van der Waals surface area contributed by atoms with Gasteiger partial charge in [-0.1, -0.05) is 11.6 Å². The molecule has 1 unspecified atom stereocenters.